The molecule has 0 aliphatic rings. The monoisotopic (exact) mass is 196 g/mol. The third-order valence-electron chi connectivity index (χ3n) is 2.21. The van der Waals surface area contributed by atoms with Crippen LogP contribution in [0.25, 0.3) is 0 Å². The summed E-state index contributed by atoms with van der Waals surface area (Å²) in [6.45, 7) is 1.99. The molecule has 1 rings (SSSR count). The molecule has 78 valence electrons. The Hall–Kier alpha value is -1.32. The van der Waals surface area contributed by atoms with Crippen LogP contribution in [0.4, 0.5) is 0 Å². The summed E-state index contributed by atoms with van der Waals surface area (Å²) >= 11 is 0. The van der Waals surface area contributed by atoms with Gasteiger partial charge in [0, 0.05) is 19.7 Å². The summed E-state index contributed by atoms with van der Waals surface area (Å²) in [5.74, 6) is -1.02. The van der Waals surface area contributed by atoms with E-state index in [2.05, 4.69) is 5.10 Å². The molecule has 1 aromatic heterocycles. The lowest BCUT2D eigenvalue weighted by Crippen LogP contribution is -2.16. The van der Waals surface area contributed by atoms with Crippen molar-refractivity contribution in [2.45, 2.75) is 26.2 Å². The van der Waals surface area contributed by atoms with E-state index in [1.165, 1.54) is 0 Å². The van der Waals surface area contributed by atoms with Crippen molar-refractivity contribution < 1.29 is 9.90 Å². The fourth-order valence-corrected chi connectivity index (χ4v) is 1.49. The minimum Gasteiger partial charge on any atom is -0.481 e. The van der Waals surface area contributed by atoms with Crippen molar-refractivity contribution in [3.8, 4) is 0 Å². The van der Waals surface area contributed by atoms with Crippen molar-refractivity contribution in [3.05, 3.63) is 18.0 Å². The molecule has 0 spiro atoms. The molecule has 0 bridgehead atoms. The smallest absolute Gasteiger partial charge is 0.306 e. The maximum atomic E-state index is 10.9. The number of carbonyl (C=O) groups is 1. The van der Waals surface area contributed by atoms with E-state index in [4.69, 9.17) is 5.11 Å². The Kier molecular flexibility index (Phi) is 3.68. The van der Waals surface area contributed by atoms with Crippen LogP contribution in [0.15, 0.2) is 12.3 Å². The number of aryl methyl sites for hydroxylation is 1. The van der Waals surface area contributed by atoms with Crippen molar-refractivity contribution in [2.24, 2.45) is 13.0 Å². The van der Waals surface area contributed by atoms with Gasteiger partial charge in [-0.25, -0.2) is 0 Å². The maximum Gasteiger partial charge on any atom is 0.306 e. The van der Waals surface area contributed by atoms with Crippen molar-refractivity contribution in [1.29, 1.82) is 0 Å². The zero-order valence-corrected chi connectivity index (χ0v) is 8.60. The Labute approximate surface area is 83.5 Å². The zero-order valence-electron chi connectivity index (χ0n) is 8.60. The average Bonchev–Trinajstić information content (AvgIpc) is 2.50. The molecule has 0 aromatic carbocycles. The minimum atomic E-state index is -0.725. The standard InChI is InChI=1S/C10H16N2O2/c1-3-4-8(10(13)14)7-9-5-6-12(2)11-9/h5-6,8H,3-4,7H2,1-2H3,(H,13,14). The van der Waals surface area contributed by atoms with E-state index in [0.29, 0.717) is 12.8 Å². The van der Waals surface area contributed by atoms with Gasteiger partial charge in [0.25, 0.3) is 0 Å². The lowest BCUT2D eigenvalue weighted by Gasteiger charge is -2.08. The summed E-state index contributed by atoms with van der Waals surface area (Å²) < 4.78 is 1.69. The molecule has 14 heavy (non-hydrogen) atoms. The summed E-state index contributed by atoms with van der Waals surface area (Å²) in [4.78, 5) is 10.9. The van der Waals surface area contributed by atoms with Gasteiger partial charge in [-0.3, -0.25) is 9.48 Å². The van der Waals surface area contributed by atoms with E-state index >= 15 is 0 Å². The summed E-state index contributed by atoms with van der Waals surface area (Å²) in [6.07, 6.45) is 3.97. The second-order valence-corrected chi connectivity index (χ2v) is 3.51. The van der Waals surface area contributed by atoms with Crippen LogP contribution < -0.4 is 0 Å². The van der Waals surface area contributed by atoms with Gasteiger partial charge in [0.2, 0.25) is 0 Å². The molecule has 0 amide bonds. The van der Waals surface area contributed by atoms with Gasteiger partial charge in [-0.1, -0.05) is 13.3 Å². The first kappa shape index (κ1) is 10.8. The average molecular weight is 196 g/mol. The molecule has 1 unspecified atom stereocenters. The molecule has 0 aliphatic carbocycles. The number of rotatable bonds is 5. The Morgan fingerprint density at radius 1 is 1.71 bits per heavy atom. The quantitative estimate of drug-likeness (QED) is 0.775. The first-order valence-corrected chi connectivity index (χ1v) is 4.84. The topological polar surface area (TPSA) is 55.1 Å². The van der Waals surface area contributed by atoms with Crippen LogP contribution in [0.1, 0.15) is 25.5 Å². The van der Waals surface area contributed by atoms with Crippen LogP contribution in [0, 0.1) is 5.92 Å². The number of nitrogens with zero attached hydrogens (tertiary/aromatic N) is 2. The van der Waals surface area contributed by atoms with E-state index in [9.17, 15) is 4.79 Å². The summed E-state index contributed by atoms with van der Waals surface area (Å²) in [7, 11) is 1.83. The van der Waals surface area contributed by atoms with Gasteiger partial charge >= 0.3 is 5.97 Å². The highest BCUT2D eigenvalue weighted by Crippen LogP contribution is 2.12. The van der Waals surface area contributed by atoms with E-state index in [1.807, 2.05) is 26.2 Å². The molecule has 1 N–H and O–H groups in total. The molecule has 0 aliphatic heterocycles. The second-order valence-electron chi connectivity index (χ2n) is 3.51. The van der Waals surface area contributed by atoms with Gasteiger partial charge in [0.05, 0.1) is 11.6 Å². The Morgan fingerprint density at radius 2 is 2.43 bits per heavy atom. The van der Waals surface area contributed by atoms with Crippen LogP contribution in [0.5, 0.6) is 0 Å². The van der Waals surface area contributed by atoms with Crippen molar-refractivity contribution in [2.75, 3.05) is 0 Å². The van der Waals surface area contributed by atoms with Crippen LogP contribution in [-0.4, -0.2) is 20.9 Å². The lowest BCUT2D eigenvalue weighted by molar-refractivity contribution is -0.142. The molecule has 1 heterocycles. The van der Waals surface area contributed by atoms with E-state index < -0.39 is 5.97 Å². The second kappa shape index (κ2) is 4.79. The maximum absolute atomic E-state index is 10.9. The Bertz CT molecular complexity index is 307. The molecule has 0 saturated heterocycles. The Balaban J connectivity index is 2.59. The lowest BCUT2D eigenvalue weighted by atomic mass is 9.98. The van der Waals surface area contributed by atoms with E-state index in [1.54, 1.807) is 4.68 Å². The van der Waals surface area contributed by atoms with Gasteiger partial charge in [0.1, 0.15) is 0 Å². The van der Waals surface area contributed by atoms with Crippen LogP contribution >= 0.6 is 0 Å². The molecular formula is C10H16N2O2. The predicted octanol–water partition coefficient (Wildman–Crippen LogP) is 1.46. The van der Waals surface area contributed by atoms with Gasteiger partial charge in [-0.15, -0.1) is 0 Å². The van der Waals surface area contributed by atoms with Crippen LogP contribution in [-0.2, 0) is 18.3 Å². The van der Waals surface area contributed by atoms with Crippen LogP contribution in [0.2, 0.25) is 0 Å². The number of hydrogen-bond donors (Lipinski definition) is 1. The normalized spacial score (nSPS) is 12.7. The van der Waals surface area contributed by atoms with Crippen molar-refractivity contribution in [1.82, 2.24) is 9.78 Å². The molecule has 1 aromatic rings. The summed E-state index contributed by atoms with van der Waals surface area (Å²) in [6, 6.07) is 1.87. The molecule has 0 radical (unpaired) electrons. The van der Waals surface area contributed by atoms with E-state index in [0.717, 1.165) is 12.1 Å². The van der Waals surface area contributed by atoms with Gasteiger partial charge in [0.15, 0.2) is 0 Å². The molecule has 0 saturated carbocycles. The first-order chi connectivity index (χ1) is 6.63. The number of hydrogen-bond acceptors (Lipinski definition) is 2. The predicted molar refractivity (Wildman–Crippen MR) is 52.9 cm³/mol. The van der Waals surface area contributed by atoms with E-state index in [-0.39, 0.29) is 5.92 Å². The van der Waals surface area contributed by atoms with Gasteiger partial charge in [-0.2, -0.15) is 5.10 Å². The third-order valence-corrected chi connectivity index (χ3v) is 2.21. The largest absolute Gasteiger partial charge is 0.481 e. The minimum absolute atomic E-state index is 0.296. The molecule has 4 nitrogen and oxygen atoms in total. The SMILES string of the molecule is CCCC(Cc1ccn(C)n1)C(=O)O. The van der Waals surface area contributed by atoms with Crippen LogP contribution in [0.3, 0.4) is 0 Å². The first-order valence-electron chi connectivity index (χ1n) is 4.84. The fourth-order valence-electron chi connectivity index (χ4n) is 1.49. The highest BCUT2D eigenvalue weighted by Gasteiger charge is 2.17. The van der Waals surface area contributed by atoms with Gasteiger partial charge < -0.3 is 5.11 Å². The number of carboxylic acid groups (broad SMARTS) is 1. The zero-order chi connectivity index (χ0) is 10.6. The molecule has 1 atom stereocenters. The fraction of sp³-hybridized carbons (Fsp3) is 0.600. The third kappa shape index (κ3) is 2.87. The number of aliphatic carboxylic acids is 1. The molecule has 0 fully saturated rings. The number of aromatic nitrogens is 2. The van der Waals surface area contributed by atoms with Crippen molar-refractivity contribution in [3.63, 3.8) is 0 Å². The van der Waals surface area contributed by atoms with Crippen molar-refractivity contribution >= 4 is 5.97 Å². The number of carboxylic acids is 1. The highest BCUT2D eigenvalue weighted by atomic mass is 16.4. The summed E-state index contributed by atoms with van der Waals surface area (Å²) in [5, 5.41) is 13.1. The highest BCUT2D eigenvalue weighted by molar-refractivity contribution is 5.70. The molecule has 4 heteroatoms. The van der Waals surface area contributed by atoms with Gasteiger partial charge in [-0.05, 0) is 12.5 Å². The Morgan fingerprint density at radius 3 is 2.86 bits per heavy atom. The summed E-state index contributed by atoms with van der Waals surface area (Å²) in [5.41, 5.74) is 0.855. The molecular weight excluding hydrogens is 180 g/mol.